The number of nitrogens with one attached hydrogen (secondary N) is 1. The summed E-state index contributed by atoms with van der Waals surface area (Å²) in [6, 6.07) is 10.6. The van der Waals surface area contributed by atoms with Crippen LogP contribution in [0.2, 0.25) is 0 Å². The molecule has 0 saturated heterocycles. The van der Waals surface area contributed by atoms with Crippen LogP contribution in [0.1, 0.15) is 10.4 Å². The summed E-state index contributed by atoms with van der Waals surface area (Å²) in [5.74, 6) is 1.74. The highest BCUT2D eigenvalue weighted by atomic mass is 32.2. The van der Waals surface area contributed by atoms with E-state index in [9.17, 15) is 9.59 Å². The van der Waals surface area contributed by atoms with Gasteiger partial charge in [-0.3, -0.25) is 14.0 Å². The van der Waals surface area contributed by atoms with Crippen molar-refractivity contribution in [2.75, 3.05) is 31.9 Å². The Hall–Kier alpha value is -3.57. The third-order valence-electron chi connectivity index (χ3n) is 5.07. The Morgan fingerprint density at radius 3 is 2.91 bits per heavy atom. The zero-order valence-corrected chi connectivity index (χ0v) is 19.3. The number of nitrogens with zero attached hydrogens (tertiary/aromatic N) is 3. The summed E-state index contributed by atoms with van der Waals surface area (Å²) in [7, 11) is 3.22. The van der Waals surface area contributed by atoms with Gasteiger partial charge in [0.2, 0.25) is 4.96 Å². The predicted molar refractivity (Wildman–Crippen MR) is 125 cm³/mol. The number of rotatable bonds is 7. The number of carbonyl (C=O) groups excluding carboxylic acids is 2. The molecule has 0 spiro atoms. The highest BCUT2D eigenvalue weighted by Crippen LogP contribution is 2.37. The van der Waals surface area contributed by atoms with Crippen LogP contribution in [-0.2, 0) is 4.79 Å². The first-order valence-corrected chi connectivity index (χ1v) is 11.7. The highest BCUT2D eigenvalue weighted by molar-refractivity contribution is 7.99. The normalized spacial score (nSPS) is 12.7. The molecule has 33 heavy (non-hydrogen) atoms. The number of benzene rings is 2. The molecular weight excluding hydrogens is 464 g/mol. The van der Waals surface area contributed by atoms with Gasteiger partial charge in [-0.25, -0.2) is 0 Å². The second-order valence-electron chi connectivity index (χ2n) is 7.05. The van der Waals surface area contributed by atoms with E-state index in [1.807, 2.05) is 28.0 Å². The fourth-order valence-electron chi connectivity index (χ4n) is 3.46. The maximum absolute atomic E-state index is 12.9. The van der Waals surface area contributed by atoms with Crippen molar-refractivity contribution in [3.8, 4) is 28.5 Å². The van der Waals surface area contributed by atoms with Gasteiger partial charge in [0.05, 0.1) is 31.4 Å². The summed E-state index contributed by atoms with van der Waals surface area (Å²) < 4.78 is 18.2. The molecule has 0 saturated carbocycles. The molecule has 5 rings (SSSR count). The van der Waals surface area contributed by atoms with E-state index in [4.69, 9.17) is 14.2 Å². The average Bonchev–Trinajstić information content (AvgIpc) is 3.44. The SMILES string of the molecule is COc1ccc(OC)c(-c2csc3nnc(SCC(=O)c4ccc5c(c4)NC(=O)CO5)n23)c1. The third kappa shape index (κ3) is 4.00. The monoisotopic (exact) mass is 482 g/mol. The van der Waals surface area contributed by atoms with Gasteiger partial charge in [-0.05, 0) is 36.4 Å². The summed E-state index contributed by atoms with van der Waals surface area (Å²) in [6.07, 6.45) is 0. The lowest BCUT2D eigenvalue weighted by Crippen LogP contribution is -2.25. The number of Topliss-reactive ketones (excluding diaryl/α,β-unsaturated/α-hetero) is 1. The predicted octanol–water partition coefficient (Wildman–Crippen LogP) is 3.78. The van der Waals surface area contributed by atoms with Crippen LogP contribution in [0.5, 0.6) is 17.2 Å². The Morgan fingerprint density at radius 2 is 2.09 bits per heavy atom. The van der Waals surface area contributed by atoms with Crippen LogP contribution in [-0.4, -0.2) is 52.9 Å². The molecule has 0 atom stereocenters. The molecule has 9 nitrogen and oxygen atoms in total. The van der Waals surface area contributed by atoms with Gasteiger partial charge in [0.1, 0.15) is 17.2 Å². The molecule has 1 N–H and O–H groups in total. The maximum Gasteiger partial charge on any atom is 0.262 e. The molecule has 1 aliphatic heterocycles. The minimum Gasteiger partial charge on any atom is -0.497 e. The number of carbonyl (C=O) groups is 2. The molecule has 3 heterocycles. The summed E-state index contributed by atoms with van der Waals surface area (Å²) in [4.78, 5) is 25.1. The van der Waals surface area contributed by atoms with Crippen molar-refractivity contribution < 1.29 is 23.8 Å². The van der Waals surface area contributed by atoms with Gasteiger partial charge in [0.15, 0.2) is 17.5 Å². The van der Waals surface area contributed by atoms with Crippen LogP contribution >= 0.6 is 23.1 Å². The molecule has 2 aromatic heterocycles. The summed E-state index contributed by atoms with van der Waals surface area (Å²) in [5.41, 5.74) is 2.66. The lowest BCUT2D eigenvalue weighted by molar-refractivity contribution is -0.118. The van der Waals surface area contributed by atoms with Gasteiger partial charge < -0.3 is 19.5 Å². The highest BCUT2D eigenvalue weighted by Gasteiger charge is 2.20. The van der Waals surface area contributed by atoms with E-state index in [-0.39, 0.29) is 24.1 Å². The number of methoxy groups -OCH3 is 2. The maximum atomic E-state index is 12.9. The average molecular weight is 483 g/mol. The summed E-state index contributed by atoms with van der Waals surface area (Å²) in [6.45, 7) is -0.0277. The van der Waals surface area contributed by atoms with E-state index in [0.717, 1.165) is 11.3 Å². The molecule has 0 radical (unpaired) electrons. The standard InChI is InChI=1S/C22H18N4O5S2/c1-29-13-4-6-18(30-2)14(8-13)16-10-32-21-24-25-22(26(16)21)33-11-17(27)12-3-5-19-15(7-12)23-20(28)9-31-19/h3-8,10H,9,11H2,1-2H3,(H,23,28). The summed E-state index contributed by atoms with van der Waals surface area (Å²) in [5, 5.41) is 13.8. The van der Waals surface area contributed by atoms with Crippen LogP contribution in [0, 0.1) is 0 Å². The Bertz CT molecular complexity index is 1380. The Kier molecular flexibility index (Phi) is 5.65. The van der Waals surface area contributed by atoms with E-state index in [0.29, 0.717) is 38.6 Å². The number of aromatic nitrogens is 3. The number of hydrogen-bond donors (Lipinski definition) is 1. The Morgan fingerprint density at radius 1 is 1.21 bits per heavy atom. The third-order valence-corrected chi connectivity index (χ3v) is 6.81. The minimum absolute atomic E-state index is 0.0277. The van der Waals surface area contributed by atoms with Crippen molar-refractivity contribution in [3.63, 3.8) is 0 Å². The molecule has 0 fully saturated rings. The van der Waals surface area contributed by atoms with E-state index < -0.39 is 0 Å². The van der Waals surface area contributed by atoms with Crippen LogP contribution < -0.4 is 19.5 Å². The molecule has 0 aliphatic carbocycles. The van der Waals surface area contributed by atoms with Crippen LogP contribution in [0.25, 0.3) is 16.2 Å². The van der Waals surface area contributed by atoms with E-state index in [1.54, 1.807) is 32.4 Å². The molecular formula is C22H18N4O5S2. The van der Waals surface area contributed by atoms with Gasteiger partial charge in [0, 0.05) is 16.5 Å². The molecule has 4 aromatic rings. The Balaban J connectivity index is 1.41. The summed E-state index contributed by atoms with van der Waals surface area (Å²) >= 11 is 2.74. The zero-order valence-electron chi connectivity index (χ0n) is 17.7. The largest absolute Gasteiger partial charge is 0.497 e. The molecule has 1 aliphatic rings. The lowest BCUT2D eigenvalue weighted by Gasteiger charge is -2.18. The second kappa shape index (κ2) is 8.75. The van der Waals surface area contributed by atoms with Gasteiger partial charge in [-0.1, -0.05) is 11.8 Å². The molecule has 2 aromatic carbocycles. The quantitative estimate of drug-likeness (QED) is 0.314. The smallest absolute Gasteiger partial charge is 0.262 e. The topological polar surface area (TPSA) is 104 Å². The number of amides is 1. The van der Waals surface area contributed by atoms with Crippen LogP contribution in [0.15, 0.2) is 46.9 Å². The van der Waals surface area contributed by atoms with Gasteiger partial charge in [0.25, 0.3) is 5.91 Å². The molecule has 0 unspecified atom stereocenters. The van der Waals surface area contributed by atoms with Gasteiger partial charge in [-0.15, -0.1) is 21.5 Å². The van der Waals surface area contributed by atoms with Crippen molar-refractivity contribution in [1.82, 2.24) is 14.6 Å². The molecule has 0 bridgehead atoms. The second-order valence-corrected chi connectivity index (χ2v) is 8.83. The zero-order chi connectivity index (χ0) is 22.9. The Labute approximate surface area is 196 Å². The number of thioether (sulfide) groups is 1. The number of ether oxygens (including phenoxy) is 3. The first-order valence-electron chi connectivity index (χ1n) is 9.85. The van der Waals surface area contributed by atoms with Crippen molar-refractivity contribution in [2.24, 2.45) is 0 Å². The first-order chi connectivity index (χ1) is 16.1. The van der Waals surface area contributed by atoms with E-state index in [1.165, 1.54) is 23.1 Å². The number of hydrogen-bond acceptors (Lipinski definition) is 9. The van der Waals surface area contributed by atoms with E-state index in [2.05, 4.69) is 15.5 Å². The fraction of sp³-hybridized carbons (Fsp3) is 0.182. The van der Waals surface area contributed by atoms with Crippen LogP contribution in [0.4, 0.5) is 5.69 Å². The molecule has 168 valence electrons. The molecule has 11 heteroatoms. The van der Waals surface area contributed by atoms with Crippen molar-refractivity contribution in [3.05, 3.63) is 47.3 Å². The van der Waals surface area contributed by atoms with Crippen LogP contribution in [0.3, 0.4) is 0 Å². The number of anilines is 1. The van der Waals surface area contributed by atoms with Gasteiger partial charge in [-0.2, -0.15) is 0 Å². The van der Waals surface area contributed by atoms with Crippen molar-refractivity contribution in [2.45, 2.75) is 5.16 Å². The number of thiazole rings is 1. The van der Waals surface area contributed by atoms with Gasteiger partial charge >= 0.3 is 0 Å². The lowest BCUT2D eigenvalue weighted by atomic mass is 10.1. The van der Waals surface area contributed by atoms with Crippen molar-refractivity contribution >= 4 is 45.4 Å². The fourth-order valence-corrected chi connectivity index (χ4v) is 5.19. The van der Waals surface area contributed by atoms with Crippen molar-refractivity contribution in [1.29, 1.82) is 0 Å². The molecule has 1 amide bonds. The first kappa shape index (κ1) is 21.3. The van der Waals surface area contributed by atoms with E-state index >= 15 is 0 Å². The minimum atomic E-state index is -0.245. The number of fused-ring (bicyclic) bond motifs is 2. The number of ketones is 1.